The van der Waals surface area contributed by atoms with Gasteiger partial charge in [-0.25, -0.2) is 19.3 Å². The van der Waals surface area contributed by atoms with Gasteiger partial charge in [-0.15, -0.1) is 0 Å². The van der Waals surface area contributed by atoms with E-state index < -0.39 is 0 Å². The zero-order chi connectivity index (χ0) is 17.9. The molecule has 1 aliphatic heterocycles. The molecule has 0 aliphatic carbocycles. The van der Waals surface area contributed by atoms with Crippen molar-refractivity contribution in [3.8, 4) is 5.88 Å². The molecule has 1 aliphatic rings. The van der Waals surface area contributed by atoms with Crippen LogP contribution in [0.25, 0.3) is 10.9 Å². The number of nitrogens with zero attached hydrogens (tertiary/aromatic N) is 5. The lowest BCUT2D eigenvalue weighted by Gasteiger charge is -2.35. The van der Waals surface area contributed by atoms with Crippen LogP contribution in [0, 0.1) is 5.82 Å². The smallest absolute Gasteiger partial charge is 0.213 e. The topological polar surface area (TPSA) is 54.4 Å². The average Bonchev–Trinajstić information content (AvgIpc) is 2.68. The molecule has 6 nitrogen and oxygen atoms in total. The van der Waals surface area contributed by atoms with Crippen molar-refractivity contribution < 1.29 is 9.13 Å². The van der Waals surface area contributed by atoms with Gasteiger partial charge in [0.2, 0.25) is 5.88 Å². The molecule has 0 unspecified atom stereocenters. The highest BCUT2D eigenvalue weighted by molar-refractivity contribution is 5.89. The van der Waals surface area contributed by atoms with E-state index in [0.717, 1.165) is 49.4 Å². The van der Waals surface area contributed by atoms with E-state index >= 15 is 0 Å². The predicted molar refractivity (Wildman–Crippen MR) is 97.8 cm³/mol. The number of rotatable bonds is 4. The first-order valence-electron chi connectivity index (χ1n) is 8.59. The van der Waals surface area contributed by atoms with Crippen molar-refractivity contribution in [3.05, 3.63) is 54.2 Å². The summed E-state index contributed by atoms with van der Waals surface area (Å²) in [5.41, 5.74) is 1.95. The summed E-state index contributed by atoms with van der Waals surface area (Å²) in [7, 11) is 1.62. The Morgan fingerprint density at radius 1 is 1.04 bits per heavy atom. The molecule has 26 heavy (non-hydrogen) atoms. The molecule has 2 aromatic heterocycles. The van der Waals surface area contributed by atoms with Gasteiger partial charge in [-0.05, 0) is 29.8 Å². The van der Waals surface area contributed by atoms with Crippen LogP contribution >= 0.6 is 0 Å². The highest BCUT2D eigenvalue weighted by Gasteiger charge is 2.20. The van der Waals surface area contributed by atoms with Crippen molar-refractivity contribution in [1.29, 1.82) is 0 Å². The van der Waals surface area contributed by atoms with Gasteiger partial charge in [-0.3, -0.25) is 4.90 Å². The van der Waals surface area contributed by atoms with Gasteiger partial charge in [0.1, 0.15) is 18.0 Å². The number of piperazine rings is 1. The number of pyridine rings is 1. The molecule has 1 saturated heterocycles. The molecule has 7 heteroatoms. The van der Waals surface area contributed by atoms with E-state index in [-0.39, 0.29) is 5.82 Å². The van der Waals surface area contributed by atoms with Crippen LogP contribution in [0.3, 0.4) is 0 Å². The largest absolute Gasteiger partial charge is 0.481 e. The van der Waals surface area contributed by atoms with E-state index in [0.29, 0.717) is 5.88 Å². The first-order chi connectivity index (χ1) is 12.7. The average molecular weight is 353 g/mol. The van der Waals surface area contributed by atoms with Crippen LogP contribution < -0.4 is 9.64 Å². The number of halogens is 1. The summed E-state index contributed by atoms with van der Waals surface area (Å²) in [6.45, 7) is 4.35. The highest BCUT2D eigenvalue weighted by Crippen LogP contribution is 2.25. The van der Waals surface area contributed by atoms with Crippen LogP contribution in [0.4, 0.5) is 10.2 Å². The van der Waals surface area contributed by atoms with Crippen LogP contribution in [-0.2, 0) is 6.54 Å². The summed E-state index contributed by atoms with van der Waals surface area (Å²) in [4.78, 5) is 17.4. The number of aromatic nitrogens is 3. The maximum absolute atomic E-state index is 13.7. The van der Waals surface area contributed by atoms with E-state index in [2.05, 4.69) is 24.8 Å². The van der Waals surface area contributed by atoms with Gasteiger partial charge in [0.05, 0.1) is 12.6 Å². The minimum absolute atomic E-state index is 0.265. The standard InChI is InChI=1S/C19H20FN5O/c1-26-18-10-14(4-5-21-18)12-24-6-8-25(9-7-24)19-16-11-15(20)2-3-17(16)22-13-23-19/h2-5,10-11,13H,6-9,12H2,1H3. The molecule has 0 spiro atoms. The van der Waals surface area contributed by atoms with Crippen molar-refractivity contribution in [3.63, 3.8) is 0 Å². The third kappa shape index (κ3) is 3.43. The van der Waals surface area contributed by atoms with Crippen molar-refractivity contribution in [1.82, 2.24) is 19.9 Å². The van der Waals surface area contributed by atoms with Crippen molar-refractivity contribution in [2.75, 3.05) is 38.2 Å². The summed E-state index contributed by atoms with van der Waals surface area (Å²) in [5, 5.41) is 0.764. The van der Waals surface area contributed by atoms with E-state index in [1.54, 1.807) is 25.7 Å². The SMILES string of the molecule is COc1cc(CN2CCN(c3ncnc4ccc(F)cc34)CC2)ccn1. The third-order valence-corrected chi connectivity index (χ3v) is 4.66. The molecular weight excluding hydrogens is 333 g/mol. The van der Waals surface area contributed by atoms with Gasteiger partial charge in [-0.2, -0.15) is 0 Å². The Hall–Kier alpha value is -2.80. The lowest BCUT2D eigenvalue weighted by atomic mass is 10.2. The van der Waals surface area contributed by atoms with Crippen molar-refractivity contribution >= 4 is 16.7 Å². The van der Waals surface area contributed by atoms with Crippen LogP contribution in [0.1, 0.15) is 5.56 Å². The summed E-state index contributed by atoms with van der Waals surface area (Å²) in [5.74, 6) is 1.18. The van der Waals surface area contributed by atoms with Crippen LogP contribution in [0.5, 0.6) is 5.88 Å². The Balaban J connectivity index is 1.46. The van der Waals surface area contributed by atoms with Gasteiger partial charge in [-0.1, -0.05) is 0 Å². The van der Waals surface area contributed by atoms with Crippen LogP contribution in [-0.4, -0.2) is 53.1 Å². The monoisotopic (exact) mass is 353 g/mol. The molecule has 1 fully saturated rings. The maximum atomic E-state index is 13.7. The summed E-state index contributed by atoms with van der Waals surface area (Å²) >= 11 is 0. The molecule has 3 heterocycles. The molecule has 3 aromatic rings. The molecule has 134 valence electrons. The number of fused-ring (bicyclic) bond motifs is 1. The molecule has 0 atom stereocenters. The Kier molecular flexibility index (Phi) is 4.62. The van der Waals surface area contributed by atoms with Gasteiger partial charge in [0.25, 0.3) is 0 Å². The lowest BCUT2D eigenvalue weighted by Crippen LogP contribution is -2.46. The van der Waals surface area contributed by atoms with E-state index in [9.17, 15) is 4.39 Å². The highest BCUT2D eigenvalue weighted by atomic mass is 19.1. The fraction of sp³-hybridized carbons (Fsp3) is 0.316. The first-order valence-corrected chi connectivity index (χ1v) is 8.59. The number of anilines is 1. The molecule has 0 saturated carbocycles. The van der Waals surface area contributed by atoms with E-state index in [1.165, 1.54) is 17.7 Å². The Bertz CT molecular complexity index is 911. The molecule has 0 amide bonds. The molecule has 4 rings (SSSR count). The fourth-order valence-electron chi connectivity index (χ4n) is 3.30. The normalized spacial score (nSPS) is 15.4. The predicted octanol–water partition coefficient (Wildman–Crippen LogP) is 2.49. The van der Waals surface area contributed by atoms with Gasteiger partial charge >= 0.3 is 0 Å². The van der Waals surface area contributed by atoms with Gasteiger partial charge in [0.15, 0.2) is 0 Å². The second kappa shape index (κ2) is 7.21. The second-order valence-corrected chi connectivity index (χ2v) is 6.33. The lowest BCUT2D eigenvalue weighted by molar-refractivity contribution is 0.249. The summed E-state index contributed by atoms with van der Waals surface area (Å²) in [6.07, 6.45) is 3.32. The van der Waals surface area contributed by atoms with Gasteiger partial charge < -0.3 is 9.64 Å². The molecule has 1 aromatic carbocycles. The summed E-state index contributed by atoms with van der Waals surface area (Å²) in [6, 6.07) is 8.62. The molecular formula is C19H20FN5O. The minimum atomic E-state index is -0.265. The number of hydrogen-bond donors (Lipinski definition) is 0. The Labute approximate surface area is 151 Å². The number of ether oxygens (including phenoxy) is 1. The minimum Gasteiger partial charge on any atom is -0.481 e. The van der Waals surface area contributed by atoms with Crippen LogP contribution in [0.2, 0.25) is 0 Å². The van der Waals surface area contributed by atoms with E-state index in [4.69, 9.17) is 4.74 Å². The molecule has 0 radical (unpaired) electrons. The van der Waals surface area contributed by atoms with Crippen molar-refractivity contribution in [2.24, 2.45) is 0 Å². The summed E-state index contributed by atoms with van der Waals surface area (Å²) < 4.78 is 18.8. The maximum Gasteiger partial charge on any atom is 0.213 e. The zero-order valence-electron chi connectivity index (χ0n) is 14.6. The van der Waals surface area contributed by atoms with E-state index in [1.807, 2.05) is 12.1 Å². The zero-order valence-corrected chi connectivity index (χ0v) is 14.6. The second-order valence-electron chi connectivity index (χ2n) is 6.33. The quantitative estimate of drug-likeness (QED) is 0.718. The number of hydrogen-bond acceptors (Lipinski definition) is 6. The molecule has 0 N–H and O–H groups in total. The Morgan fingerprint density at radius 2 is 1.88 bits per heavy atom. The number of methoxy groups -OCH3 is 1. The number of benzene rings is 1. The van der Waals surface area contributed by atoms with Gasteiger partial charge in [0, 0.05) is 50.4 Å². The van der Waals surface area contributed by atoms with Crippen LogP contribution in [0.15, 0.2) is 42.9 Å². The first kappa shape index (κ1) is 16.7. The third-order valence-electron chi connectivity index (χ3n) is 4.66. The Morgan fingerprint density at radius 3 is 2.69 bits per heavy atom. The van der Waals surface area contributed by atoms with Crippen molar-refractivity contribution in [2.45, 2.75) is 6.54 Å². The molecule has 0 bridgehead atoms. The fourth-order valence-corrected chi connectivity index (χ4v) is 3.30.